The lowest BCUT2D eigenvalue weighted by molar-refractivity contribution is 0.219. The Kier molecular flexibility index (Phi) is 5.92. The van der Waals surface area contributed by atoms with Crippen molar-refractivity contribution in [2.75, 3.05) is 44.2 Å². The third kappa shape index (κ3) is 4.64. The second-order valence-electron chi connectivity index (χ2n) is 7.88. The molecule has 0 N–H and O–H groups in total. The zero-order valence-electron chi connectivity index (χ0n) is 17.1. The van der Waals surface area contributed by atoms with Gasteiger partial charge in [-0.2, -0.15) is 0 Å². The summed E-state index contributed by atoms with van der Waals surface area (Å²) in [7, 11) is 0. The average Bonchev–Trinajstić information content (AvgIpc) is 3.21. The number of pyridine rings is 1. The standard InChI is InChI=1S/C23H27N5OS/c1-2-6-24-22(3-1)28-10-8-26(9-11-28)16-19-4-5-21-20(15-19)17-27(12-13-29-21)18-23-25-7-14-30-23/h1-7,14-15H,8-13,16-18H2. The second kappa shape index (κ2) is 9.12. The van der Waals surface area contributed by atoms with Crippen molar-refractivity contribution < 1.29 is 4.74 Å². The van der Waals surface area contributed by atoms with Gasteiger partial charge in [0.05, 0.1) is 6.54 Å². The Hall–Kier alpha value is -2.48. The van der Waals surface area contributed by atoms with Gasteiger partial charge in [-0.1, -0.05) is 12.1 Å². The van der Waals surface area contributed by atoms with Gasteiger partial charge >= 0.3 is 0 Å². The summed E-state index contributed by atoms with van der Waals surface area (Å²) in [6.45, 7) is 8.60. The van der Waals surface area contributed by atoms with E-state index in [9.17, 15) is 0 Å². The molecule has 6 nitrogen and oxygen atoms in total. The highest BCUT2D eigenvalue weighted by atomic mass is 32.1. The van der Waals surface area contributed by atoms with Crippen LogP contribution in [0.15, 0.2) is 54.2 Å². The van der Waals surface area contributed by atoms with Crippen molar-refractivity contribution in [3.05, 3.63) is 70.3 Å². The Morgan fingerprint density at radius 3 is 2.63 bits per heavy atom. The summed E-state index contributed by atoms with van der Waals surface area (Å²) in [5, 5.41) is 3.21. The molecule has 1 saturated heterocycles. The maximum atomic E-state index is 6.02. The van der Waals surface area contributed by atoms with Crippen LogP contribution in [-0.4, -0.2) is 59.1 Å². The van der Waals surface area contributed by atoms with Crippen LogP contribution < -0.4 is 9.64 Å². The number of fused-ring (bicyclic) bond motifs is 1. The van der Waals surface area contributed by atoms with Crippen molar-refractivity contribution in [1.82, 2.24) is 19.8 Å². The van der Waals surface area contributed by atoms with E-state index in [0.29, 0.717) is 0 Å². The van der Waals surface area contributed by atoms with Crippen molar-refractivity contribution in [3.63, 3.8) is 0 Å². The van der Waals surface area contributed by atoms with Crippen LogP contribution >= 0.6 is 11.3 Å². The summed E-state index contributed by atoms with van der Waals surface area (Å²) in [5.41, 5.74) is 2.65. The molecule has 2 aliphatic rings. The molecule has 0 radical (unpaired) electrons. The van der Waals surface area contributed by atoms with Crippen molar-refractivity contribution in [2.24, 2.45) is 0 Å². The fourth-order valence-corrected chi connectivity index (χ4v) is 4.85. The van der Waals surface area contributed by atoms with E-state index in [4.69, 9.17) is 4.74 Å². The summed E-state index contributed by atoms with van der Waals surface area (Å²) in [5.74, 6) is 2.11. The first-order chi connectivity index (χ1) is 14.8. The van der Waals surface area contributed by atoms with Gasteiger partial charge in [-0.05, 0) is 29.8 Å². The molecule has 7 heteroatoms. The number of hydrogen-bond donors (Lipinski definition) is 0. The highest BCUT2D eigenvalue weighted by molar-refractivity contribution is 7.09. The molecule has 2 aliphatic heterocycles. The molecule has 0 bridgehead atoms. The number of aromatic nitrogens is 2. The maximum Gasteiger partial charge on any atom is 0.128 e. The topological polar surface area (TPSA) is 44.7 Å². The number of hydrogen-bond acceptors (Lipinski definition) is 7. The number of anilines is 1. The summed E-state index contributed by atoms with van der Waals surface area (Å²) in [6, 6.07) is 12.8. The Morgan fingerprint density at radius 1 is 0.900 bits per heavy atom. The van der Waals surface area contributed by atoms with Gasteiger partial charge in [0.15, 0.2) is 0 Å². The highest BCUT2D eigenvalue weighted by Crippen LogP contribution is 2.26. The molecule has 30 heavy (non-hydrogen) atoms. The van der Waals surface area contributed by atoms with Gasteiger partial charge in [-0.3, -0.25) is 9.80 Å². The van der Waals surface area contributed by atoms with Crippen molar-refractivity contribution in [3.8, 4) is 5.75 Å². The number of thiazole rings is 1. The van der Waals surface area contributed by atoms with E-state index in [2.05, 4.69) is 55.0 Å². The van der Waals surface area contributed by atoms with Gasteiger partial charge in [0.2, 0.25) is 0 Å². The molecular formula is C23H27N5OS. The quantitative estimate of drug-likeness (QED) is 0.630. The van der Waals surface area contributed by atoms with Gasteiger partial charge in [0.25, 0.3) is 0 Å². The Morgan fingerprint density at radius 2 is 1.83 bits per heavy atom. The van der Waals surface area contributed by atoms with Crippen molar-refractivity contribution >= 4 is 17.2 Å². The molecule has 1 aromatic carbocycles. The minimum atomic E-state index is 0.729. The molecular weight excluding hydrogens is 394 g/mol. The Balaban J connectivity index is 1.21. The van der Waals surface area contributed by atoms with Gasteiger partial charge in [-0.15, -0.1) is 11.3 Å². The van der Waals surface area contributed by atoms with Crippen LogP contribution in [0.25, 0.3) is 0 Å². The summed E-state index contributed by atoms with van der Waals surface area (Å²) >= 11 is 1.72. The lowest BCUT2D eigenvalue weighted by atomic mass is 10.1. The normalized spacial score (nSPS) is 17.9. The van der Waals surface area contributed by atoms with Crippen molar-refractivity contribution in [2.45, 2.75) is 19.6 Å². The van der Waals surface area contributed by atoms with Crippen LogP contribution in [0.1, 0.15) is 16.1 Å². The molecule has 0 aliphatic carbocycles. The van der Waals surface area contributed by atoms with Crippen molar-refractivity contribution in [1.29, 1.82) is 0 Å². The van der Waals surface area contributed by atoms with E-state index < -0.39 is 0 Å². The molecule has 0 spiro atoms. The molecule has 0 unspecified atom stereocenters. The predicted octanol–water partition coefficient (Wildman–Crippen LogP) is 3.25. The van der Waals surface area contributed by atoms with Crippen LogP contribution in [-0.2, 0) is 19.6 Å². The third-order valence-electron chi connectivity index (χ3n) is 5.78. The molecule has 2 aromatic heterocycles. The fraction of sp³-hybridized carbons (Fsp3) is 0.391. The lowest BCUT2D eigenvalue weighted by Gasteiger charge is -2.35. The van der Waals surface area contributed by atoms with E-state index in [1.165, 1.54) is 16.1 Å². The first kappa shape index (κ1) is 19.5. The SMILES string of the molecule is c1ccc(N2CCN(Cc3ccc4c(c3)CN(Cc3nccs3)CCO4)CC2)nc1. The largest absolute Gasteiger partial charge is 0.492 e. The molecule has 3 aromatic rings. The minimum Gasteiger partial charge on any atom is -0.492 e. The zero-order valence-corrected chi connectivity index (χ0v) is 17.9. The number of rotatable bonds is 5. The maximum absolute atomic E-state index is 6.02. The predicted molar refractivity (Wildman–Crippen MR) is 120 cm³/mol. The monoisotopic (exact) mass is 421 g/mol. The minimum absolute atomic E-state index is 0.729. The number of ether oxygens (including phenoxy) is 1. The van der Waals surface area contributed by atoms with E-state index in [1.807, 2.05) is 23.8 Å². The molecule has 0 amide bonds. The van der Waals surface area contributed by atoms with Crippen LogP contribution in [0.4, 0.5) is 5.82 Å². The fourth-order valence-electron chi connectivity index (χ4n) is 4.19. The summed E-state index contributed by atoms with van der Waals surface area (Å²) < 4.78 is 6.02. The first-order valence-electron chi connectivity index (χ1n) is 10.6. The van der Waals surface area contributed by atoms with Gasteiger partial charge < -0.3 is 9.64 Å². The van der Waals surface area contributed by atoms with E-state index >= 15 is 0 Å². The molecule has 1 fully saturated rings. The van der Waals surface area contributed by atoms with E-state index in [0.717, 1.165) is 70.5 Å². The molecule has 4 heterocycles. The number of nitrogens with zero attached hydrogens (tertiary/aromatic N) is 5. The van der Waals surface area contributed by atoms with Crippen LogP contribution in [0, 0.1) is 0 Å². The van der Waals surface area contributed by atoms with Gasteiger partial charge in [0, 0.05) is 69.2 Å². The third-order valence-corrected chi connectivity index (χ3v) is 6.54. The Bertz CT molecular complexity index is 941. The average molecular weight is 422 g/mol. The van der Waals surface area contributed by atoms with Crippen LogP contribution in [0.3, 0.4) is 0 Å². The van der Waals surface area contributed by atoms with Gasteiger partial charge in [-0.25, -0.2) is 9.97 Å². The second-order valence-corrected chi connectivity index (χ2v) is 8.86. The van der Waals surface area contributed by atoms with E-state index in [-0.39, 0.29) is 0 Å². The first-order valence-corrected chi connectivity index (χ1v) is 11.5. The van der Waals surface area contributed by atoms with Crippen LogP contribution in [0.5, 0.6) is 5.75 Å². The Labute approximate surface area is 181 Å². The van der Waals surface area contributed by atoms with Gasteiger partial charge in [0.1, 0.15) is 23.2 Å². The van der Waals surface area contributed by atoms with Crippen LogP contribution in [0.2, 0.25) is 0 Å². The molecule has 156 valence electrons. The molecule has 0 saturated carbocycles. The summed E-state index contributed by atoms with van der Waals surface area (Å²) in [6.07, 6.45) is 3.76. The molecule has 5 rings (SSSR count). The van der Waals surface area contributed by atoms with E-state index in [1.54, 1.807) is 11.3 Å². The zero-order chi connectivity index (χ0) is 20.2. The number of piperazine rings is 1. The lowest BCUT2D eigenvalue weighted by Crippen LogP contribution is -2.46. The molecule has 0 atom stereocenters. The number of benzene rings is 1. The summed E-state index contributed by atoms with van der Waals surface area (Å²) in [4.78, 5) is 16.3. The smallest absolute Gasteiger partial charge is 0.128 e. The highest BCUT2D eigenvalue weighted by Gasteiger charge is 2.20.